The molecular weight excluding hydrogens is 426 g/mol. The topological polar surface area (TPSA) is 54.7 Å². The van der Waals surface area contributed by atoms with Crippen LogP contribution < -0.4 is 4.80 Å². The van der Waals surface area contributed by atoms with E-state index in [-0.39, 0.29) is 17.7 Å². The molecule has 2 amide bonds. The van der Waals surface area contributed by atoms with Crippen LogP contribution in [0.25, 0.3) is 0 Å². The largest absolute Gasteiger partial charge is 0.338 e. The molecule has 5 nitrogen and oxygen atoms in total. The van der Waals surface area contributed by atoms with Gasteiger partial charge in [-0.1, -0.05) is 35.9 Å². The first-order chi connectivity index (χ1) is 14.1. The van der Waals surface area contributed by atoms with Crippen LogP contribution >= 0.6 is 34.3 Å². The summed E-state index contributed by atoms with van der Waals surface area (Å²) in [4.78, 5) is 32.8. The molecule has 0 spiro atoms. The lowest BCUT2D eigenvalue weighted by atomic mass is 9.96. The number of thiophene rings is 1. The molecule has 0 radical (unpaired) electrons. The van der Waals surface area contributed by atoms with Gasteiger partial charge < -0.3 is 9.47 Å². The van der Waals surface area contributed by atoms with E-state index in [4.69, 9.17) is 11.6 Å². The molecule has 150 valence electrons. The minimum Gasteiger partial charge on any atom is -0.338 e. The highest BCUT2D eigenvalue weighted by Gasteiger charge is 2.28. The Kier molecular flexibility index (Phi) is 6.28. The van der Waals surface area contributed by atoms with Crippen molar-refractivity contribution in [2.45, 2.75) is 19.4 Å². The molecule has 0 unspecified atom stereocenters. The monoisotopic (exact) mass is 445 g/mol. The van der Waals surface area contributed by atoms with Crippen molar-refractivity contribution < 1.29 is 9.59 Å². The molecule has 1 aliphatic heterocycles. The molecule has 0 atom stereocenters. The van der Waals surface area contributed by atoms with Crippen molar-refractivity contribution in [3.05, 3.63) is 73.6 Å². The third kappa shape index (κ3) is 4.69. The normalized spacial score (nSPS) is 15.6. The summed E-state index contributed by atoms with van der Waals surface area (Å²) in [6.45, 7) is 1.75. The van der Waals surface area contributed by atoms with E-state index in [1.807, 2.05) is 62.8 Å². The number of nitrogens with zero attached hydrogens (tertiary/aromatic N) is 3. The molecule has 0 N–H and O–H groups in total. The summed E-state index contributed by atoms with van der Waals surface area (Å²) in [6, 6.07) is 11.4. The lowest BCUT2D eigenvalue weighted by Gasteiger charge is -2.30. The van der Waals surface area contributed by atoms with Crippen LogP contribution in [0.2, 0.25) is 5.02 Å². The predicted molar refractivity (Wildman–Crippen MR) is 116 cm³/mol. The number of amides is 2. The molecular formula is C21H20ClN3O2S2. The fraction of sp³-hybridized carbons (Fsp3) is 0.286. The van der Waals surface area contributed by atoms with Gasteiger partial charge in [0.25, 0.3) is 11.8 Å². The third-order valence-corrected chi connectivity index (χ3v) is 7.05. The number of carbonyl (C=O) groups is 2. The third-order valence-electron chi connectivity index (χ3n) is 5.03. The Bertz CT molecular complexity index is 1060. The zero-order valence-corrected chi connectivity index (χ0v) is 18.1. The van der Waals surface area contributed by atoms with Gasteiger partial charge in [-0.15, -0.1) is 22.7 Å². The zero-order chi connectivity index (χ0) is 20.2. The molecule has 1 aliphatic rings. The second-order valence-electron chi connectivity index (χ2n) is 6.90. The molecule has 29 heavy (non-hydrogen) atoms. The Morgan fingerprint density at radius 1 is 1.07 bits per heavy atom. The van der Waals surface area contributed by atoms with E-state index in [2.05, 4.69) is 4.99 Å². The number of thiazole rings is 1. The van der Waals surface area contributed by atoms with Crippen molar-refractivity contribution in [2.24, 2.45) is 10.9 Å². The zero-order valence-electron chi connectivity index (χ0n) is 15.7. The standard InChI is InChI=1S/C21H20ClN3O2S2/c22-17-5-2-1-4-16(17)14-25-11-13-29-21(25)23-19(26)15-7-9-24(10-8-15)20(27)18-6-3-12-28-18/h1-6,11-13,15H,7-10,14H2. The number of rotatable bonds is 4. The highest BCUT2D eigenvalue weighted by atomic mass is 35.5. The molecule has 1 saturated heterocycles. The molecule has 8 heteroatoms. The number of aromatic nitrogens is 1. The Morgan fingerprint density at radius 2 is 1.86 bits per heavy atom. The van der Waals surface area contributed by atoms with E-state index in [1.54, 1.807) is 0 Å². The predicted octanol–water partition coefficient (Wildman–Crippen LogP) is 4.29. The maximum absolute atomic E-state index is 12.7. The Balaban J connectivity index is 1.41. The lowest BCUT2D eigenvalue weighted by molar-refractivity contribution is -0.123. The first-order valence-electron chi connectivity index (χ1n) is 9.40. The van der Waals surface area contributed by atoms with Crippen molar-refractivity contribution in [2.75, 3.05) is 13.1 Å². The van der Waals surface area contributed by atoms with Crippen molar-refractivity contribution >= 4 is 46.1 Å². The van der Waals surface area contributed by atoms with Gasteiger partial charge in [-0.05, 0) is 35.9 Å². The van der Waals surface area contributed by atoms with Crippen molar-refractivity contribution in [3.63, 3.8) is 0 Å². The number of carbonyl (C=O) groups excluding carboxylic acids is 2. The van der Waals surface area contributed by atoms with Crippen LogP contribution in [0.15, 0.2) is 58.3 Å². The second-order valence-corrected chi connectivity index (χ2v) is 9.13. The molecule has 0 bridgehead atoms. The number of hydrogen-bond donors (Lipinski definition) is 0. The van der Waals surface area contributed by atoms with Gasteiger partial charge in [0, 0.05) is 35.6 Å². The summed E-state index contributed by atoms with van der Waals surface area (Å²) in [6.07, 6.45) is 3.22. The van der Waals surface area contributed by atoms with E-state index >= 15 is 0 Å². The van der Waals surface area contributed by atoms with Gasteiger partial charge in [0.1, 0.15) is 0 Å². The molecule has 0 aliphatic carbocycles. The summed E-state index contributed by atoms with van der Waals surface area (Å²) >= 11 is 9.15. The summed E-state index contributed by atoms with van der Waals surface area (Å²) in [7, 11) is 0. The minimum atomic E-state index is -0.141. The Labute approximate surface area is 181 Å². The number of benzene rings is 1. The van der Waals surface area contributed by atoms with Gasteiger partial charge in [0.05, 0.1) is 11.4 Å². The number of hydrogen-bond acceptors (Lipinski definition) is 4. The van der Waals surface area contributed by atoms with Gasteiger partial charge in [0.2, 0.25) is 0 Å². The van der Waals surface area contributed by atoms with E-state index in [9.17, 15) is 9.59 Å². The molecule has 3 heterocycles. The van der Waals surface area contributed by atoms with Crippen LogP contribution in [0.4, 0.5) is 0 Å². The summed E-state index contributed by atoms with van der Waals surface area (Å²) in [5.41, 5.74) is 0.988. The molecule has 3 aromatic rings. The molecule has 1 aromatic carbocycles. The SMILES string of the molecule is O=C(N=c1sccn1Cc1ccccc1Cl)C1CCN(C(=O)c2cccs2)CC1. The second kappa shape index (κ2) is 9.07. The summed E-state index contributed by atoms with van der Waals surface area (Å²) < 4.78 is 1.94. The van der Waals surface area contributed by atoms with Gasteiger partial charge in [0.15, 0.2) is 4.80 Å². The summed E-state index contributed by atoms with van der Waals surface area (Å²) in [5.74, 6) is -0.194. The number of likely N-dealkylation sites (tertiary alicyclic amines) is 1. The van der Waals surface area contributed by atoms with Gasteiger partial charge in [-0.25, -0.2) is 0 Å². The van der Waals surface area contributed by atoms with Crippen LogP contribution in [0.3, 0.4) is 0 Å². The van der Waals surface area contributed by atoms with Crippen LogP contribution in [0.5, 0.6) is 0 Å². The lowest BCUT2D eigenvalue weighted by Crippen LogP contribution is -2.40. The fourth-order valence-corrected chi connectivity index (χ4v) is 5.01. The Hall–Kier alpha value is -2.22. The van der Waals surface area contributed by atoms with E-state index in [0.29, 0.717) is 42.3 Å². The molecule has 0 saturated carbocycles. The van der Waals surface area contributed by atoms with E-state index in [0.717, 1.165) is 10.4 Å². The molecule has 4 rings (SSSR count). The molecule has 2 aromatic heterocycles. The van der Waals surface area contributed by atoms with Crippen LogP contribution in [-0.2, 0) is 11.3 Å². The first-order valence-corrected chi connectivity index (χ1v) is 11.5. The van der Waals surface area contributed by atoms with Crippen molar-refractivity contribution in [3.8, 4) is 0 Å². The average molecular weight is 446 g/mol. The van der Waals surface area contributed by atoms with Crippen LogP contribution in [0, 0.1) is 5.92 Å². The Morgan fingerprint density at radius 3 is 2.59 bits per heavy atom. The smallest absolute Gasteiger partial charge is 0.263 e. The van der Waals surface area contributed by atoms with E-state index in [1.165, 1.54) is 22.7 Å². The minimum absolute atomic E-state index is 0.0543. The first kappa shape index (κ1) is 20.1. The number of halogens is 1. The van der Waals surface area contributed by atoms with E-state index < -0.39 is 0 Å². The molecule has 1 fully saturated rings. The van der Waals surface area contributed by atoms with Crippen LogP contribution in [0.1, 0.15) is 28.1 Å². The van der Waals surface area contributed by atoms with Gasteiger partial charge in [-0.2, -0.15) is 4.99 Å². The van der Waals surface area contributed by atoms with Gasteiger partial charge in [-0.3, -0.25) is 9.59 Å². The van der Waals surface area contributed by atoms with Gasteiger partial charge >= 0.3 is 0 Å². The maximum atomic E-state index is 12.7. The maximum Gasteiger partial charge on any atom is 0.263 e. The number of piperidine rings is 1. The van der Waals surface area contributed by atoms with Crippen LogP contribution in [-0.4, -0.2) is 34.4 Å². The van der Waals surface area contributed by atoms with Crippen molar-refractivity contribution in [1.82, 2.24) is 9.47 Å². The fourth-order valence-electron chi connectivity index (χ4n) is 3.39. The highest BCUT2D eigenvalue weighted by molar-refractivity contribution is 7.12. The highest BCUT2D eigenvalue weighted by Crippen LogP contribution is 2.22. The van der Waals surface area contributed by atoms with Crippen molar-refractivity contribution in [1.29, 1.82) is 0 Å². The summed E-state index contributed by atoms with van der Waals surface area (Å²) in [5, 5.41) is 4.53. The average Bonchev–Trinajstić information content (AvgIpc) is 3.42. The quantitative estimate of drug-likeness (QED) is 0.601.